The molecule has 1 saturated heterocycles. The fourth-order valence-corrected chi connectivity index (χ4v) is 2.14. The van der Waals surface area contributed by atoms with Gasteiger partial charge in [-0.3, -0.25) is 4.79 Å². The van der Waals surface area contributed by atoms with Gasteiger partial charge in [0.25, 0.3) is 0 Å². The second-order valence-electron chi connectivity index (χ2n) is 3.92. The van der Waals surface area contributed by atoms with Crippen LogP contribution in [0.4, 0.5) is 0 Å². The van der Waals surface area contributed by atoms with E-state index in [1.54, 1.807) is 11.8 Å². The van der Waals surface area contributed by atoms with Gasteiger partial charge in [0.2, 0.25) is 0 Å². The Morgan fingerprint density at radius 3 is 2.53 bits per heavy atom. The van der Waals surface area contributed by atoms with Gasteiger partial charge in [0.05, 0.1) is 6.61 Å². The molecule has 2 atom stereocenters. The van der Waals surface area contributed by atoms with E-state index in [-0.39, 0.29) is 18.7 Å². The highest BCUT2D eigenvalue weighted by molar-refractivity contribution is 6.32. The molecule has 1 aliphatic rings. The van der Waals surface area contributed by atoms with Crippen molar-refractivity contribution in [3.05, 3.63) is 0 Å². The largest absolute Gasteiger partial charge is 0.459 e. The van der Waals surface area contributed by atoms with Crippen molar-refractivity contribution in [2.24, 2.45) is 0 Å². The Kier molecular flexibility index (Phi) is 4.12. The highest BCUT2D eigenvalue weighted by Gasteiger charge is 2.36. The lowest BCUT2D eigenvalue weighted by Gasteiger charge is -2.26. The lowest BCUT2D eigenvalue weighted by molar-refractivity contribution is -0.161. The van der Waals surface area contributed by atoms with Gasteiger partial charge in [-0.05, 0) is 33.1 Å². The number of carbonyl (C=O) groups excluding carboxylic acids is 2. The van der Waals surface area contributed by atoms with Crippen LogP contribution in [0.3, 0.4) is 0 Å². The van der Waals surface area contributed by atoms with Gasteiger partial charge in [0, 0.05) is 12.1 Å². The third-order valence-electron chi connectivity index (χ3n) is 2.94. The summed E-state index contributed by atoms with van der Waals surface area (Å²) >= 11 is 0. The molecule has 1 aliphatic heterocycles. The van der Waals surface area contributed by atoms with E-state index in [2.05, 4.69) is 0 Å². The molecule has 4 nitrogen and oxygen atoms in total. The lowest BCUT2D eigenvalue weighted by Crippen LogP contribution is -2.44. The van der Waals surface area contributed by atoms with Crippen LogP contribution in [-0.4, -0.2) is 35.5 Å². The second-order valence-corrected chi connectivity index (χ2v) is 3.92. The Morgan fingerprint density at radius 2 is 2.00 bits per heavy atom. The van der Waals surface area contributed by atoms with Crippen molar-refractivity contribution in [3.63, 3.8) is 0 Å². The maximum Gasteiger partial charge on any atom is 0.397 e. The third-order valence-corrected chi connectivity index (χ3v) is 2.94. The highest BCUT2D eigenvalue weighted by atomic mass is 16.5. The fraction of sp³-hybridized carbons (Fsp3) is 0.818. The molecule has 86 valence electrons. The van der Waals surface area contributed by atoms with Gasteiger partial charge < -0.3 is 9.64 Å². The Balaban J connectivity index is 2.67. The van der Waals surface area contributed by atoms with E-state index in [1.165, 1.54) is 0 Å². The molecule has 0 N–H and O–H groups in total. The Morgan fingerprint density at radius 1 is 1.33 bits per heavy atom. The number of carbonyl (C=O) groups is 2. The van der Waals surface area contributed by atoms with Crippen molar-refractivity contribution in [1.82, 2.24) is 4.90 Å². The predicted molar refractivity (Wildman–Crippen MR) is 56.3 cm³/mol. The van der Waals surface area contributed by atoms with Crippen molar-refractivity contribution in [2.75, 3.05) is 6.61 Å². The van der Waals surface area contributed by atoms with Crippen LogP contribution in [0.15, 0.2) is 0 Å². The molecule has 2 unspecified atom stereocenters. The van der Waals surface area contributed by atoms with Crippen molar-refractivity contribution in [1.29, 1.82) is 0 Å². The Labute approximate surface area is 90.6 Å². The van der Waals surface area contributed by atoms with Gasteiger partial charge in [-0.2, -0.15) is 0 Å². The molecule has 1 fully saturated rings. The first-order valence-electron chi connectivity index (χ1n) is 5.61. The van der Waals surface area contributed by atoms with Crippen molar-refractivity contribution >= 4 is 11.9 Å². The number of amides is 1. The Bertz CT molecular complexity index is 252. The van der Waals surface area contributed by atoms with Crippen LogP contribution in [0.5, 0.6) is 0 Å². The zero-order valence-corrected chi connectivity index (χ0v) is 9.66. The highest BCUT2D eigenvalue weighted by Crippen LogP contribution is 2.26. The van der Waals surface area contributed by atoms with E-state index in [0.29, 0.717) is 0 Å². The monoisotopic (exact) mass is 213 g/mol. The predicted octanol–water partition coefficient (Wildman–Crippen LogP) is 1.34. The van der Waals surface area contributed by atoms with Gasteiger partial charge in [-0.25, -0.2) is 4.79 Å². The summed E-state index contributed by atoms with van der Waals surface area (Å²) in [5, 5.41) is 0. The first kappa shape index (κ1) is 12.0. The van der Waals surface area contributed by atoms with Crippen molar-refractivity contribution in [2.45, 2.75) is 52.1 Å². The Hall–Kier alpha value is -1.06. The first-order valence-corrected chi connectivity index (χ1v) is 5.61. The van der Waals surface area contributed by atoms with Gasteiger partial charge >= 0.3 is 11.9 Å². The maximum absolute atomic E-state index is 11.8. The molecule has 1 rings (SSSR count). The minimum atomic E-state index is -0.718. The first-order chi connectivity index (χ1) is 7.11. The average Bonchev–Trinajstić information content (AvgIpc) is 2.58. The number of ether oxygens (including phenoxy) is 1. The summed E-state index contributed by atoms with van der Waals surface area (Å²) < 4.78 is 4.73. The van der Waals surface area contributed by atoms with Gasteiger partial charge in [0.15, 0.2) is 0 Å². The smallest absolute Gasteiger partial charge is 0.397 e. The minimum Gasteiger partial charge on any atom is -0.459 e. The van der Waals surface area contributed by atoms with Gasteiger partial charge in [-0.1, -0.05) is 6.92 Å². The summed E-state index contributed by atoms with van der Waals surface area (Å²) in [6, 6.07) is 0.365. The molecule has 1 amide bonds. The number of hydrogen-bond acceptors (Lipinski definition) is 3. The number of esters is 1. The third kappa shape index (κ3) is 2.49. The van der Waals surface area contributed by atoms with Crippen LogP contribution < -0.4 is 0 Å². The molecule has 0 spiro atoms. The number of rotatable bonds is 2. The van der Waals surface area contributed by atoms with E-state index < -0.39 is 11.9 Å². The number of nitrogens with zero attached hydrogens (tertiary/aromatic N) is 1. The lowest BCUT2D eigenvalue weighted by atomic mass is 10.1. The molecule has 0 radical (unpaired) electrons. The topological polar surface area (TPSA) is 46.6 Å². The molecule has 0 aromatic rings. The summed E-state index contributed by atoms with van der Waals surface area (Å²) in [5.41, 5.74) is 0. The SMILES string of the molecule is CCOC(=O)C(=O)N1C(C)CCC1CC. The summed E-state index contributed by atoms with van der Waals surface area (Å²) in [7, 11) is 0. The van der Waals surface area contributed by atoms with Crippen LogP contribution in [0.2, 0.25) is 0 Å². The molecular weight excluding hydrogens is 194 g/mol. The number of hydrogen-bond donors (Lipinski definition) is 0. The molecule has 0 aliphatic carbocycles. The van der Waals surface area contributed by atoms with E-state index >= 15 is 0 Å². The second kappa shape index (κ2) is 5.14. The summed E-state index contributed by atoms with van der Waals surface area (Å²) in [6.07, 6.45) is 2.86. The quantitative estimate of drug-likeness (QED) is 0.513. The van der Waals surface area contributed by atoms with Crippen molar-refractivity contribution < 1.29 is 14.3 Å². The molecule has 0 aromatic heterocycles. The van der Waals surface area contributed by atoms with Crippen LogP contribution in [0.25, 0.3) is 0 Å². The zero-order chi connectivity index (χ0) is 11.4. The van der Waals surface area contributed by atoms with Crippen LogP contribution in [0, 0.1) is 0 Å². The van der Waals surface area contributed by atoms with Crippen LogP contribution >= 0.6 is 0 Å². The molecule has 15 heavy (non-hydrogen) atoms. The molecule has 0 saturated carbocycles. The summed E-state index contributed by atoms with van der Waals surface area (Å²) in [5.74, 6) is -1.20. The van der Waals surface area contributed by atoms with Crippen molar-refractivity contribution in [3.8, 4) is 0 Å². The van der Waals surface area contributed by atoms with Gasteiger partial charge in [-0.15, -0.1) is 0 Å². The average molecular weight is 213 g/mol. The fourth-order valence-electron chi connectivity index (χ4n) is 2.14. The van der Waals surface area contributed by atoms with E-state index in [4.69, 9.17) is 4.74 Å². The minimum absolute atomic E-state index is 0.159. The molecule has 0 bridgehead atoms. The maximum atomic E-state index is 11.8. The summed E-state index contributed by atoms with van der Waals surface area (Å²) in [6.45, 7) is 5.97. The van der Waals surface area contributed by atoms with E-state index in [0.717, 1.165) is 19.3 Å². The molecule has 1 heterocycles. The summed E-state index contributed by atoms with van der Waals surface area (Å²) in [4.78, 5) is 24.8. The van der Waals surface area contributed by atoms with Crippen LogP contribution in [0.1, 0.15) is 40.0 Å². The van der Waals surface area contributed by atoms with E-state index in [9.17, 15) is 9.59 Å². The van der Waals surface area contributed by atoms with E-state index in [1.807, 2.05) is 13.8 Å². The number of likely N-dealkylation sites (tertiary alicyclic amines) is 1. The standard InChI is InChI=1S/C11H19NO3/c1-4-9-7-6-8(3)12(9)10(13)11(14)15-5-2/h8-9H,4-7H2,1-3H3. The molecule has 4 heteroatoms. The molecule has 0 aromatic carbocycles. The van der Waals surface area contributed by atoms with Crippen LogP contribution in [-0.2, 0) is 14.3 Å². The normalized spacial score (nSPS) is 25.4. The molecular formula is C11H19NO3. The van der Waals surface area contributed by atoms with Gasteiger partial charge in [0.1, 0.15) is 0 Å². The zero-order valence-electron chi connectivity index (χ0n) is 9.66.